The van der Waals surface area contributed by atoms with Gasteiger partial charge < -0.3 is 25.8 Å². The van der Waals surface area contributed by atoms with Gasteiger partial charge in [-0.1, -0.05) is 6.07 Å². The maximum atomic E-state index is 14.6. The number of nitrogens with zero attached hydrogens (tertiary/aromatic N) is 2. The summed E-state index contributed by atoms with van der Waals surface area (Å²) < 4.78 is 19.9. The van der Waals surface area contributed by atoms with Crippen molar-refractivity contribution in [2.75, 3.05) is 36.0 Å². The molecular formula is C24H27FN4O5. The topological polar surface area (TPSA) is 125 Å². The molecule has 3 rings (SSSR count). The summed E-state index contributed by atoms with van der Waals surface area (Å²) in [6.07, 6.45) is 1.48. The number of rotatable bonds is 9. The first kappa shape index (κ1) is 24.6. The molecule has 2 aromatic carbocycles. The Hall–Kier alpha value is -4.08. The van der Waals surface area contributed by atoms with E-state index in [2.05, 4.69) is 5.32 Å². The van der Waals surface area contributed by atoms with Crippen LogP contribution in [0.15, 0.2) is 42.5 Å². The number of anilines is 2. The van der Waals surface area contributed by atoms with Crippen molar-refractivity contribution in [2.24, 2.45) is 5.73 Å². The molecule has 1 fully saturated rings. The number of nitrogens with one attached hydrogen (secondary N) is 1. The van der Waals surface area contributed by atoms with Gasteiger partial charge in [0.25, 0.3) is 5.91 Å². The Morgan fingerprint density at radius 3 is 2.62 bits per heavy atom. The maximum absolute atomic E-state index is 14.6. The molecule has 1 atom stereocenters. The monoisotopic (exact) mass is 470 g/mol. The maximum Gasteiger partial charge on any atom is 0.414 e. The number of hydrogen-bond donors (Lipinski definition) is 3. The zero-order valence-corrected chi connectivity index (χ0v) is 19.0. The van der Waals surface area contributed by atoms with Gasteiger partial charge in [0.1, 0.15) is 17.7 Å². The second-order valence-electron chi connectivity index (χ2n) is 7.64. The van der Waals surface area contributed by atoms with Crippen LogP contribution in [0.3, 0.4) is 0 Å². The summed E-state index contributed by atoms with van der Waals surface area (Å²) in [4.78, 5) is 38.8. The number of cyclic esters (lactones) is 1. The van der Waals surface area contributed by atoms with E-state index >= 15 is 0 Å². The van der Waals surface area contributed by atoms with Crippen LogP contribution < -0.4 is 20.9 Å². The number of ether oxygens (including phenoxy) is 1. The predicted octanol–water partition coefficient (Wildman–Crippen LogP) is 2.63. The molecule has 0 bridgehead atoms. The van der Waals surface area contributed by atoms with Crippen LogP contribution >= 0.6 is 0 Å². The van der Waals surface area contributed by atoms with E-state index in [4.69, 9.17) is 10.5 Å². The minimum atomic E-state index is -0.756. The van der Waals surface area contributed by atoms with E-state index in [0.717, 1.165) is 0 Å². The number of nitrogens with two attached hydrogens (primary N) is 1. The SMILES string of the molecule is CCN(CC)c1ccc(N2C[C@H](CNC(=O)C=Cc3ccc(C(N)=O)c(O)c3)OC2=O)cc1F. The molecule has 10 heteroatoms. The summed E-state index contributed by atoms with van der Waals surface area (Å²) in [7, 11) is 0. The molecule has 0 aliphatic carbocycles. The number of amides is 3. The van der Waals surface area contributed by atoms with E-state index in [1.165, 1.54) is 41.3 Å². The normalized spacial score (nSPS) is 15.4. The highest BCUT2D eigenvalue weighted by Crippen LogP contribution is 2.28. The van der Waals surface area contributed by atoms with Gasteiger partial charge in [-0.3, -0.25) is 14.5 Å². The average Bonchev–Trinajstić information content (AvgIpc) is 3.18. The Bertz CT molecular complexity index is 1120. The molecule has 0 unspecified atom stereocenters. The molecule has 2 aromatic rings. The second-order valence-corrected chi connectivity index (χ2v) is 7.64. The van der Waals surface area contributed by atoms with Gasteiger partial charge in [0, 0.05) is 19.2 Å². The first-order valence-electron chi connectivity index (χ1n) is 10.8. The number of carbonyl (C=O) groups is 3. The van der Waals surface area contributed by atoms with E-state index in [0.29, 0.717) is 30.0 Å². The molecular weight excluding hydrogens is 443 g/mol. The van der Waals surface area contributed by atoms with Crippen molar-refractivity contribution in [2.45, 2.75) is 20.0 Å². The fraction of sp³-hybridized carbons (Fsp3) is 0.292. The van der Waals surface area contributed by atoms with Crippen molar-refractivity contribution in [3.8, 4) is 5.75 Å². The van der Waals surface area contributed by atoms with Crippen molar-refractivity contribution in [1.29, 1.82) is 0 Å². The third-order valence-electron chi connectivity index (χ3n) is 5.44. The number of halogens is 1. The van der Waals surface area contributed by atoms with Gasteiger partial charge in [-0.05, 0) is 55.8 Å². The van der Waals surface area contributed by atoms with Gasteiger partial charge in [0.15, 0.2) is 0 Å². The molecule has 9 nitrogen and oxygen atoms in total. The zero-order valence-electron chi connectivity index (χ0n) is 19.0. The van der Waals surface area contributed by atoms with Gasteiger partial charge >= 0.3 is 6.09 Å². The third-order valence-corrected chi connectivity index (χ3v) is 5.44. The number of primary amides is 1. The third kappa shape index (κ3) is 5.64. The lowest BCUT2D eigenvalue weighted by Crippen LogP contribution is -2.33. The van der Waals surface area contributed by atoms with Crippen molar-refractivity contribution in [3.63, 3.8) is 0 Å². The van der Waals surface area contributed by atoms with Crippen LogP contribution in [0.1, 0.15) is 29.8 Å². The van der Waals surface area contributed by atoms with Crippen LogP contribution in [0.25, 0.3) is 6.08 Å². The Morgan fingerprint density at radius 2 is 2.00 bits per heavy atom. The molecule has 4 N–H and O–H groups in total. The molecule has 1 aliphatic heterocycles. The standard InChI is InChI=1S/C24H27FN4O5/c1-3-28(4-2)20-9-7-16(12-19(20)25)29-14-17(34-24(29)33)13-27-22(31)10-6-15-5-8-18(23(26)32)21(30)11-15/h5-12,17,30H,3-4,13-14H2,1-2H3,(H2,26,32)(H,27,31)/t17-/m0/s1. The Morgan fingerprint density at radius 1 is 1.26 bits per heavy atom. The van der Waals surface area contributed by atoms with Crippen LogP contribution in [0.2, 0.25) is 0 Å². The van der Waals surface area contributed by atoms with Crippen LogP contribution in [0, 0.1) is 5.82 Å². The summed E-state index contributed by atoms with van der Waals surface area (Å²) >= 11 is 0. The molecule has 0 aromatic heterocycles. The first-order chi connectivity index (χ1) is 16.2. The number of benzene rings is 2. The molecule has 0 radical (unpaired) electrons. The number of hydrogen-bond acceptors (Lipinski definition) is 6. The summed E-state index contributed by atoms with van der Waals surface area (Å²) in [6.45, 7) is 5.42. The zero-order chi connectivity index (χ0) is 24.8. The van der Waals surface area contributed by atoms with Crippen LogP contribution in [-0.2, 0) is 9.53 Å². The molecule has 34 heavy (non-hydrogen) atoms. The average molecular weight is 471 g/mol. The van der Waals surface area contributed by atoms with Gasteiger partial charge in [0.2, 0.25) is 5.91 Å². The molecule has 1 saturated heterocycles. The van der Waals surface area contributed by atoms with Gasteiger partial charge in [-0.2, -0.15) is 0 Å². The van der Waals surface area contributed by atoms with Crippen molar-refractivity contribution in [1.82, 2.24) is 5.32 Å². The lowest BCUT2D eigenvalue weighted by Gasteiger charge is -2.23. The summed E-state index contributed by atoms with van der Waals surface area (Å²) in [6, 6.07) is 8.81. The Balaban J connectivity index is 1.56. The fourth-order valence-electron chi connectivity index (χ4n) is 3.63. The van der Waals surface area contributed by atoms with Crippen LogP contribution in [0.4, 0.5) is 20.6 Å². The number of phenols is 1. The quantitative estimate of drug-likeness (QED) is 0.484. The van der Waals surface area contributed by atoms with Crippen LogP contribution in [0.5, 0.6) is 5.75 Å². The van der Waals surface area contributed by atoms with Gasteiger partial charge in [-0.15, -0.1) is 0 Å². The van der Waals surface area contributed by atoms with Crippen LogP contribution in [-0.4, -0.2) is 55.3 Å². The number of carbonyl (C=O) groups excluding carboxylic acids is 3. The minimum Gasteiger partial charge on any atom is -0.507 e. The van der Waals surface area contributed by atoms with Crippen molar-refractivity contribution >= 4 is 35.4 Å². The Kier molecular flexibility index (Phi) is 7.72. The minimum absolute atomic E-state index is 0.0169. The predicted molar refractivity (Wildman–Crippen MR) is 126 cm³/mol. The molecule has 1 aliphatic rings. The summed E-state index contributed by atoms with van der Waals surface area (Å²) in [5.41, 5.74) is 6.46. The highest BCUT2D eigenvalue weighted by molar-refractivity contribution is 5.96. The molecule has 0 spiro atoms. The lowest BCUT2D eigenvalue weighted by molar-refractivity contribution is -0.116. The van der Waals surface area contributed by atoms with E-state index in [1.54, 1.807) is 12.1 Å². The summed E-state index contributed by atoms with van der Waals surface area (Å²) in [5.74, 6) is -1.91. The molecule has 1 heterocycles. The molecule has 0 saturated carbocycles. The largest absolute Gasteiger partial charge is 0.507 e. The smallest absolute Gasteiger partial charge is 0.414 e. The number of aromatic hydroxyl groups is 1. The van der Waals surface area contributed by atoms with Gasteiger partial charge in [0.05, 0.1) is 30.0 Å². The Labute approximate surface area is 196 Å². The van der Waals surface area contributed by atoms with Crippen molar-refractivity contribution < 1.29 is 28.6 Å². The lowest BCUT2D eigenvalue weighted by atomic mass is 10.1. The molecule has 180 valence electrons. The second kappa shape index (κ2) is 10.7. The first-order valence-corrected chi connectivity index (χ1v) is 10.8. The summed E-state index contributed by atoms with van der Waals surface area (Å²) in [5, 5.41) is 12.4. The molecule has 3 amide bonds. The van der Waals surface area contributed by atoms with Crippen molar-refractivity contribution in [3.05, 3.63) is 59.4 Å². The van der Waals surface area contributed by atoms with E-state index in [1.807, 2.05) is 18.7 Å². The highest BCUT2D eigenvalue weighted by Gasteiger charge is 2.33. The fourth-order valence-corrected chi connectivity index (χ4v) is 3.63. The van der Waals surface area contributed by atoms with E-state index < -0.39 is 29.8 Å². The highest BCUT2D eigenvalue weighted by atomic mass is 19.1. The van der Waals surface area contributed by atoms with E-state index in [-0.39, 0.29) is 24.4 Å². The van der Waals surface area contributed by atoms with Gasteiger partial charge in [-0.25, -0.2) is 9.18 Å². The van der Waals surface area contributed by atoms with E-state index in [9.17, 15) is 23.9 Å².